The van der Waals surface area contributed by atoms with E-state index >= 15 is 0 Å². The highest BCUT2D eigenvalue weighted by Gasteiger charge is 1.88. The molecule has 1 N–H and O–H groups in total. The fourth-order valence-electron chi connectivity index (χ4n) is 0.625. The molecule has 0 atom stereocenters. The van der Waals surface area contributed by atoms with E-state index in [-0.39, 0.29) is 0 Å². The maximum absolute atomic E-state index is 9.19. The van der Waals surface area contributed by atoms with Gasteiger partial charge in [0.25, 0.3) is 0 Å². The summed E-state index contributed by atoms with van der Waals surface area (Å²) in [5.74, 6) is 0.334. The standard InChI is InChI=1S/C9H14O/c1-4-6-8(3)9(10)7-5-2/h4-7,10H,1-3H3/b6-4-,7-5-,9-8+. The van der Waals surface area contributed by atoms with Crippen LogP contribution in [0.3, 0.4) is 0 Å². The molecule has 0 heterocycles. The Hall–Kier alpha value is -0.980. The summed E-state index contributed by atoms with van der Waals surface area (Å²) in [6.07, 6.45) is 7.25. The van der Waals surface area contributed by atoms with Crippen LogP contribution in [-0.2, 0) is 0 Å². The zero-order valence-electron chi connectivity index (χ0n) is 6.76. The molecule has 0 aliphatic rings. The van der Waals surface area contributed by atoms with Crippen molar-refractivity contribution in [3.05, 3.63) is 35.6 Å². The minimum atomic E-state index is 0.334. The summed E-state index contributed by atoms with van der Waals surface area (Å²) in [6, 6.07) is 0. The maximum Gasteiger partial charge on any atom is 0.118 e. The summed E-state index contributed by atoms with van der Waals surface area (Å²) in [5.41, 5.74) is 0.889. The first-order chi connectivity index (χ1) is 4.72. The number of rotatable bonds is 2. The van der Waals surface area contributed by atoms with Gasteiger partial charge in [-0.05, 0) is 32.4 Å². The number of allylic oxidation sites excluding steroid dienone is 5. The first kappa shape index (κ1) is 9.02. The molecule has 0 amide bonds. The lowest BCUT2D eigenvalue weighted by atomic mass is 10.2. The van der Waals surface area contributed by atoms with Gasteiger partial charge in [-0.2, -0.15) is 0 Å². The molecule has 0 bridgehead atoms. The highest BCUT2D eigenvalue weighted by Crippen LogP contribution is 2.02. The molecule has 0 aromatic rings. The zero-order valence-corrected chi connectivity index (χ0v) is 6.76. The second-order valence-corrected chi connectivity index (χ2v) is 2.07. The molecule has 1 heteroatoms. The number of aliphatic hydroxyl groups is 1. The molecule has 0 saturated carbocycles. The van der Waals surface area contributed by atoms with Crippen LogP contribution >= 0.6 is 0 Å². The van der Waals surface area contributed by atoms with Gasteiger partial charge < -0.3 is 5.11 Å². The van der Waals surface area contributed by atoms with Crippen LogP contribution in [0.5, 0.6) is 0 Å². The Bertz CT molecular complexity index is 153. The Morgan fingerprint density at radius 2 is 1.60 bits per heavy atom. The molecule has 0 aliphatic carbocycles. The van der Waals surface area contributed by atoms with Crippen LogP contribution in [0.1, 0.15) is 20.8 Å². The quantitative estimate of drug-likeness (QED) is 0.459. The number of aliphatic hydroxyl groups excluding tert-OH is 1. The second kappa shape index (κ2) is 4.86. The lowest BCUT2D eigenvalue weighted by molar-refractivity contribution is 0.427. The summed E-state index contributed by atoms with van der Waals surface area (Å²) in [6.45, 7) is 5.67. The molecule has 0 fully saturated rings. The van der Waals surface area contributed by atoms with E-state index in [1.165, 1.54) is 0 Å². The Labute approximate surface area is 62.4 Å². The Kier molecular flexibility index (Phi) is 4.38. The molecule has 0 aliphatic heterocycles. The zero-order chi connectivity index (χ0) is 7.98. The SMILES string of the molecule is C\C=C/C(C)=C(O)\C=C/C. The van der Waals surface area contributed by atoms with Crippen LogP contribution in [0.4, 0.5) is 0 Å². The van der Waals surface area contributed by atoms with E-state index in [9.17, 15) is 5.11 Å². The molecular formula is C9H14O. The molecule has 0 rings (SSSR count). The number of hydrogen-bond donors (Lipinski definition) is 1. The van der Waals surface area contributed by atoms with Crippen molar-refractivity contribution in [1.29, 1.82) is 0 Å². The van der Waals surface area contributed by atoms with Gasteiger partial charge in [0.1, 0.15) is 5.76 Å². The summed E-state index contributed by atoms with van der Waals surface area (Å²) >= 11 is 0. The van der Waals surface area contributed by atoms with Crippen LogP contribution in [0.2, 0.25) is 0 Å². The lowest BCUT2D eigenvalue weighted by Gasteiger charge is -1.93. The topological polar surface area (TPSA) is 20.2 Å². The van der Waals surface area contributed by atoms with Crippen molar-refractivity contribution in [2.75, 3.05) is 0 Å². The van der Waals surface area contributed by atoms with E-state index in [1.807, 2.05) is 39.0 Å². The highest BCUT2D eigenvalue weighted by molar-refractivity contribution is 5.25. The molecule has 0 unspecified atom stereocenters. The maximum atomic E-state index is 9.19. The second-order valence-electron chi connectivity index (χ2n) is 2.07. The molecule has 0 aromatic carbocycles. The van der Waals surface area contributed by atoms with Crippen molar-refractivity contribution < 1.29 is 5.11 Å². The van der Waals surface area contributed by atoms with Gasteiger partial charge in [0, 0.05) is 0 Å². The molecular weight excluding hydrogens is 124 g/mol. The average molecular weight is 138 g/mol. The molecule has 1 nitrogen and oxygen atoms in total. The molecule has 10 heavy (non-hydrogen) atoms. The van der Waals surface area contributed by atoms with Crippen molar-refractivity contribution in [1.82, 2.24) is 0 Å². The molecule has 0 aromatic heterocycles. The third-order valence-corrected chi connectivity index (χ3v) is 1.15. The normalized spacial score (nSPS) is 14.7. The van der Waals surface area contributed by atoms with Gasteiger partial charge in [0.05, 0.1) is 0 Å². The first-order valence-corrected chi connectivity index (χ1v) is 3.37. The molecule has 0 radical (unpaired) electrons. The van der Waals surface area contributed by atoms with Gasteiger partial charge in [-0.3, -0.25) is 0 Å². The minimum Gasteiger partial charge on any atom is -0.508 e. The monoisotopic (exact) mass is 138 g/mol. The summed E-state index contributed by atoms with van der Waals surface area (Å²) < 4.78 is 0. The van der Waals surface area contributed by atoms with E-state index in [1.54, 1.807) is 6.08 Å². The summed E-state index contributed by atoms with van der Waals surface area (Å²) in [7, 11) is 0. The third-order valence-electron chi connectivity index (χ3n) is 1.15. The van der Waals surface area contributed by atoms with Crippen molar-refractivity contribution in [3.63, 3.8) is 0 Å². The van der Waals surface area contributed by atoms with E-state index in [2.05, 4.69) is 0 Å². The van der Waals surface area contributed by atoms with Crippen LogP contribution in [0.25, 0.3) is 0 Å². The lowest BCUT2D eigenvalue weighted by Crippen LogP contribution is -1.78. The van der Waals surface area contributed by atoms with E-state index in [4.69, 9.17) is 0 Å². The smallest absolute Gasteiger partial charge is 0.118 e. The Balaban J connectivity index is 4.33. The predicted molar refractivity (Wildman–Crippen MR) is 45.0 cm³/mol. The number of hydrogen-bond acceptors (Lipinski definition) is 1. The van der Waals surface area contributed by atoms with Gasteiger partial charge in [-0.1, -0.05) is 18.2 Å². The third kappa shape index (κ3) is 3.13. The average Bonchev–Trinajstić information content (AvgIpc) is 1.89. The van der Waals surface area contributed by atoms with Crippen molar-refractivity contribution >= 4 is 0 Å². The van der Waals surface area contributed by atoms with Crippen LogP contribution in [0.15, 0.2) is 35.6 Å². The van der Waals surface area contributed by atoms with Crippen LogP contribution in [0, 0.1) is 0 Å². The Morgan fingerprint density at radius 1 is 1.10 bits per heavy atom. The summed E-state index contributed by atoms with van der Waals surface area (Å²) in [5, 5.41) is 9.19. The fraction of sp³-hybridized carbons (Fsp3) is 0.333. The first-order valence-electron chi connectivity index (χ1n) is 3.37. The van der Waals surface area contributed by atoms with Crippen molar-refractivity contribution in [2.45, 2.75) is 20.8 Å². The largest absolute Gasteiger partial charge is 0.508 e. The van der Waals surface area contributed by atoms with Crippen LogP contribution < -0.4 is 0 Å². The van der Waals surface area contributed by atoms with Crippen molar-refractivity contribution in [2.24, 2.45) is 0 Å². The molecule has 0 saturated heterocycles. The minimum absolute atomic E-state index is 0.334. The highest BCUT2D eigenvalue weighted by atomic mass is 16.3. The van der Waals surface area contributed by atoms with Gasteiger partial charge in [-0.15, -0.1) is 0 Å². The fourth-order valence-corrected chi connectivity index (χ4v) is 0.625. The van der Waals surface area contributed by atoms with Crippen molar-refractivity contribution in [3.8, 4) is 0 Å². The molecule has 0 spiro atoms. The van der Waals surface area contributed by atoms with Gasteiger partial charge in [-0.25, -0.2) is 0 Å². The van der Waals surface area contributed by atoms with Gasteiger partial charge in [0.2, 0.25) is 0 Å². The van der Waals surface area contributed by atoms with Gasteiger partial charge in [0.15, 0.2) is 0 Å². The van der Waals surface area contributed by atoms with E-state index in [0.29, 0.717) is 5.76 Å². The van der Waals surface area contributed by atoms with Crippen LogP contribution in [-0.4, -0.2) is 5.11 Å². The molecule has 56 valence electrons. The predicted octanol–water partition coefficient (Wildman–Crippen LogP) is 2.97. The van der Waals surface area contributed by atoms with E-state index in [0.717, 1.165) is 5.57 Å². The summed E-state index contributed by atoms with van der Waals surface area (Å²) in [4.78, 5) is 0. The Morgan fingerprint density at radius 3 is 2.00 bits per heavy atom. The van der Waals surface area contributed by atoms with E-state index < -0.39 is 0 Å². The van der Waals surface area contributed by atoms with Gasteiger partial charge >= 0.3 is 0 Å².